The molecule has 0 unspecified atom stereocenters. The Hall–Kier alpha value is -2.88. The van der Waals surface area contributed by atoms with Crippen molar-refractivity contribution in [1.82, 2.24) is 0 Å². The zero-order chi connectivity index (χ0) is 24.1. The number of aliphatic hydroxyl groups excluding tert-OH is 3. The van der Waals surface area contributed by atoms with Gasteiger partial charge in [0.05, 0.1) is 6.61 Å². The highest BCUT2D eigenvalue weighted by molar-refractivity contribution is 6.33. The fraction of sp³-hybridized carbons (Fsp3) is 0.375. The van der Waals surface area contributed by atoms with E-state index in [0.29, 0.717) is 40.0 Å². The van der Waals surface area contributed by atoms with Gasteiger partial charge in [-0.2, -0.15) is 0 Å². The Morgan fingerprint density at radius 1 is 1.03 bits per heavy atom. The molecule has 0 heterocycles. The molecule has 0 radical (unpaired) electrons. The summed E-state index contributed by atoms with van der Waals surface area (Å²) in [6.45, 7) is 3.00. The number of carbonyl (C=O) groups is 1. The SMILES string of the molecule is CC1(C)C2=C(C(=O)c3ccc(OC[C@@H](O)[C@H](O)CO)cc31)c1ccc(OC(F)(F)F)cc1C2. The Labute approximate surface area is 187 Å². The Balaban J connectivity index is 1.64. The summed E-state index contributed by atoms with van der Waals surface area (Å²) in [4.78, 5) is 13.4. The molecule has 2 atom stereocenters. The minimum absolute atomic E-state index is 0.218. The molecule has 176 valence electrons. The summed E-state index contributed by atoms with van der Waals surface area (Å²) < 4.78 is 47.5. The first-order valence-corrected chi connectivity index (χ1v) is 10.3. The topological polar surface area (TPSA) is 96.2 Å². The van der Waals surface area contributed by atoms with Gasteiger partial charge < -0.3 is 24.8 Å². The molecule has 9 heteroatoms. The minimum Gasteiger partial charge on any atom is -0.491 e. The lowest BCUT2D eigenvalue weighted by Gasteiger charge is -2.34. The second kappa shape index (κ2) is 8.16. The highest BCUT2D eigenvalue weighted by atomic mass is 19.4. The van der Waals surface area contributed by atoms with Gasteiger partial charge in [-0.25, -0.2) is 0 Å². The molecule has 0 bridgehead atoms. The molecule has 4 rings (SSSR count). The zero-order valence-electron chi connectivity index (χ0n) is 17.9. The monoisotopic (exact) mass is 464 g/mol. The lowest BCUT2D eigenvalue weighted by molar-refractivity contribution is -0.274. The summed E-state index contributed by atoms with van der Waals surface area (Å²) in [5, 5.41) is 28.2. The minimum atomic E-state index is -4.80. The standard InChI is InChI=1S/C24H23F3O6/c1-23(2)17-9-13(32-11-20(30)19(29)10-28)3-6-16(17)22(31)21-15-5-4-14(33-24(25,26)27)7-12(15)8-18(21)23/h3-7,9,19-20,28-30H,8,10-11H2,1-2H3/t19-,20-/m1/s1. The molecule has 0 saturated carbocycles. The molecule has 0 saturated heterocycles. The predicted molar refractivity (Wildman–Crippen MR) is 112 cm³/mol. The second-order valence-electron chi connectivity index (χ2n) is 8.69. The van der Waals surface area contributed by atoms with Gasteiger partial charge >= 0.3 is 6.36 Å². The molecular formula is C24H23F3O6. The summed E-state index contributed by atoms with van der Waals surface area (Å²) >= 11 is 0. The van der Waals surface area contributed by atoms with Gasteiger partial charge in [-0.05, 0) is 59.0 Å². The van der Waals surface area contributed by atoms with Crippen molar-refractivity contribution in [3.63, 3.8) is 0 Å². The van der Waals surface area contributed by atoms with Crippen molar-refractivity contribution in [2.45, 2.75) is 44.3 Å². The molecule has 0 aromatic heterocycles. The van der Waals surface area contributed by atoms with Gasteiger partial charge in [-0.1, -0.05) is 19.9 Å². The number of hydrogen-bond donors (Lipinski definition) is 3. The number of ketones is 1. The third kappa shape index (κ3) is 4.23. The highest BCUT2D eigenvalue weighted by Crippen LogP contribution is 2.51. The number of hydrogen-bond acceptors (Lipinski definition) is 6. The van der Waals surface area contributed by atoms with E-state index < -0.39 is 30.6 Å². The molecule has 0 fully saturated rings. The van der Waals surface area contributed by atoms with Crippen LogP contribution in [0.5, 0.6) is 11.5 Å². The lowest BCUT2D eigenvalue weighted by atomic mass is 9.68. The van der Waals surface area contributed by atoms with Gasteiger partial charge in [0.25, 0.3) is 0 Å². The molecule has 6 nitrogen and oxygen atoms in total. The highest BCUT2D eigenvalue weighted by Gasteiger charge is 2.43. The Bertz CT molecular complexity index is 1140. The zero-order valence-corrected chi connectivity index (χ0v) is 17.9. The number of halogens is 3. The molecular weight excluding hydrogens is 441 g/mol. The maximum absolute atomic E-state index is 13.4. The second-order valence-corrected chi connectivity index (χ2v) is 8.69. The van der Waals surface area contributed by atoms with E-state index in [4.69, 9.17) is 9.84 Å². The van der Waals surface area contributed by atoms with Crippen LogP contribution < -0.4 is 9.47 Å². The fourth-order valence-corrected chi connectivity index (χ4v) is 4.43. The van der Waals surface area contributed by atoms with Crippen molar-refractivity contribution in [3.05, 3.63) is 64.2 Å². The van der Waals surface area contributed by atoms with Crippen LogP contribution in [0, 0.1) is 0 Å². The number of ether oxygens (including phenoxy) is 2. The Morgan fingerprint density at radius 3 is 2.36 bits per heavy atom. The maximum Gasteiger partial charge on any atom is 0.573 e. The van der Waals surface area contributed by atoms with E-state index >= 15 is 0 Å². The normalized spacial score (nSPS) is 18.4. The van der Waals surface area contributed by atoms with E-state index in [1.807, 2.05) is 13.8 Å². The van der Waals surface area contributed by atoms with Crippen molar-refractivity contribution in [2.24, 2.45) is 0 Å². The average molecular weight is 464 g/mol. The van der Waals surface area contributed by atoms with Crippen LogP contribution in [0.3, 0.4) is 0 Å². The van der Waals surface area contributed by atoms with Crippen LogP contribution >= 0.6 is 0 Å². The first-order valence-electron chi connectivity index (χ1n) is 10.3. The number of rotatable bonds is 6. The molecule has 0 aliphatic heterocycles. The van der Waals surface area contributed by atoms with Crippen LogP contribution in [-0.2, 0) is 11.8 Å². The number of aliphatic hydroxyl groups is 3. The van der Waals surface area contributed by atoms with Crippen LogP contribution in [-0.4, -0.2) is 52.9 Å². The molecule has 2 aliphatic rings. The van der Waals surface area contributed by atoms with Gasteiger partial charge in [-0.15, -0.1) is 13.2 Å². The number of alkyl halides is 3. The van der Waals surface area contributed by atoms with E-state index in [-0.39, 0.29) is 18.1 Å². The molecule has 3 N–H and O–H groups in total. The van der Waals surface area contributed by atoms with Gasteiger partial charge in [0.15, 0.2) is 5.78 Å². The molecule has 2 aromatic rings. The van der Waals surface area contributed by atoms with Gasteiger partial charge in [0, 0.05) is 16.6 Å². The molecule has 0 spiro atoms. The molecule has 33 heavy (non-hydrogen) atoms. The Morgan fingerprint density at radius 2 is 1.70 bits per heavy atom. The Kier molecular flexibility index (Phi) is 5.76. The number of allylic oxidation sites excluding steroid dienone is 2. The van der Waals surface area contributed by atoms with Gasteiger partial charge in [0.2, 0.25) is 0 Å². The summed E-state index contributed by atoms with van der Waals surface area (Å²) in [5.41, 5.74) is 3.03. The van der Waals surface area contributed by atoms with Crippen molar-refractivity contribution < 1.29 is 42.8 Å². The number of fused-ring (bicyclic) bond motifs is 3. The summed E-state index contributed by atoms with van der Waals surface area (Å²) in [7, 11) is 0. The molecule has 0 amide bonds. The number of benzene rings is 2. The van der Waals surface area contributed by atoms with E-state index in [1.54, 1.807) is 18.2 Å². The van der Waals surface area contributed by atoms with Crippen molar-refractivity contribution >= 4 is 11.4 Å². The van der Waals surface area contributed by atoms with E-state index in [0.717, 1.165) is 5.57 Å². The van der Waals surface area contributed by atoms with Crippen LogP contribution in [0.15, 0.2) is 42.0 Å². The van der Waals surface area contributed by atoms with E-state index in [1.165, 1.54) is 18.2 Å². The maximum atomic E-state index is 13.4. The molecule has 2 aromatic carbocycles. The summed E-state index contributed by atoms with van der Waals surface area (Å²) in [6.07, 6.45) is -7.11. The van der Waals surface area contributed by atoms with Crippen LogP contribution in [0.25, 0.3) is 5.57 Å². The van der Waals surface area contributed by atoms with Crippen LogP contribution in [0.4, 0.5) is 13.2 Å². The average Bonchev–Trinajstić information content (AvgIpc) is 3.14. The molecule has 2 aliphatic carbocycles. The number of carbonyl (C=O) groups excluding carboxylic acids is 1. The van der Waals surface area contributed by atoms with Gasteiger partial charge in [-0.3, -0.25) is 4.79 Å². The first kappa shape index (κ1) is 23.3. The third-order valence-electron chi connectivity index (χ3n) is 6.19. The largest absolute Gasteiger partial charge is 0.573 e. The van der Waals surface area contributed by atoms with Crippen LogP contribution in [0.2, 0.25) is 0 Å². The quantitative estimate of drug-likeness (QED) is 0.608. The summed E-state index contributed by atoms with van der Waals surface area (Å²) in [6, 6.07) is 8.90. The third-order valence-corrected chi connectivity index (χ3v) is 6.19. The summed E-state index contributed by atoms with van der Waals surface area (Å²) in [5.74, 6) is -0.174. The number of Topliss-reactive ketones (excluding diaryl/α,β-unsaturated/α-hetero) is 1. The van der Waals surface area contributed by atoms with Crippen molar-refractivity contribution in [2.75, 3.05) is 13.2 Å². The first-order chi connectivity index (χ1) is 15.4. The van der Waals surface area contributed by atoms with E-state index in [2.05, 4.69) is 4.74 Å². The lowest BCUT2D eigenvalue weighted by Crippen LogP contribution is -2.34. The van der Waals surface area contributed by atoms with Gasteiger partial charge in [0.1, 0.15) is 30.3 Å². The smallest absolute Gasteiger partial charge is 0.491 e. The fourth-order valence-electron chi connectivity index (χ4n) is 4.43. The van der Waals surface area contributed by atoms with Crippen molar-refractivity contribution in [3.8, 4) is 11.5 Å². The van der Waals surface area contributed by atoms with E-state index in [9.17, 15) is 28.2 Å². The van der Waals surface area contributed by atoms with Crippen LogP contribution in [0.1, 0.15) is 40.9 Å². The van der Waals surface area contributed by atoms with Crippen molar-refractivity contribution in [1.29, 1.82) is 0 Å². The predicted octanol–water partition coefficient (Wildman–Crippen LogP) is 3.16.